The molecular formula is C13H22ClN3O3. The number of aryl methyl sites for hydroxylation is 1. The van der Waals surface area contributed by atoms with Gasteiger partial charge in [-0.2, -0.15) is 0 Å². The number of hydrogen-bond acceptors (Lipinski definition) is 4. The van der Waals surface area contributed by atoms with Crippen LogP contribution in [0.15, 0.2) is 12.3 Å². The SMILES string of the molecule is CCOC(=O)c1cc(NC(=O)CCCNC)cn1C.Cl. The van der Waals surface area contributed by atoms with Crippen molar-refractivity contribution in [2.75, 3.05) is 25.5 Å². The van der Waals surface area contributed by atoms with Crippen LogP contribution < -0.4 is 10.6 Å². The predicted octanol–water partition coefficient (Wildman–Crippen LogP) is 1.56. The zero-order chi connectivity index (χ0) is 14.3. The Morgan fingerprint density at radius 2 is 2.10 bits per heavy atom. The molecule has 20 heavy (non-hydrogen) atoms. The number of halogens is 1. The Labute approximate surface area is 125 Å². The van der Waals surface area contributed by atoms with Gasteiger partial charge in [-0.1, -0.05) is 0 Å². The zero-order valence-electron chi connectivity index (χ0n) is 12.1. The van der Waals surface area contributed by atoms with Crippen LogP contribution in [0.25, 0.3) is 0 Å². The van der Waals surface area contributed by atoms with Gasteiger partial charge in [0.05, 0.1) is 12.3 Å². The summed E-state index contributed by atoms with van der Waals surface area (Å²) in [5.41, 5.74) is 1.03. The van der Waals surface area contributed by atoms with Crippen molar-refractivity contribution < 1.29 is 14.3 Å². The van der Waals surface area contributed by atoms with Gasteiger partial charge in [-0.25, -0.2) is 4.79 Å². The van der Waals surface area contributed by atoms with Crippen molar-refractivity contribution in [1.82, 2.24) is 9.88 Å². The van der Waals surface area contributed by atoms with Crippen molar-refractivity contribution in [1.29, 1.82) is 0 Å². The van der Waals surface area contributed by atoms with Crippen LogP contribution in [0.4, 0.5) is 5.69 Å². The Kier molecular flexibility index (Phi) is 8.67. The van der Waals surface area contributed by atoms with E-state index in [9.17, 15) is 9.59 Å². The largest absolute Gasteiger partial charge is 0.461 e. The average molecular weight is 304 g/mol. The molecule has 0 bridgehead atoms. The van der Waals surface area contributed by atoms with Crippen LogP contribution in [0.5, 0.6) is 0 Å². The average Bonchev–Trinajstić information content (AvgIpc) is 2.71. The lowest BCUT2D eigenvalue weighted by Crippen LogP contribution is -2.14. The molecular weight excluding hydrogens is 282 g/mol. The zero-order valence-corrected chi connectivity index (χ0v) is 12.9. The third-order valence-corrected chi connectivity index (χ3v) is 2.60. The van der Waals surface area contributed by atoms with E-state index >= 15 is 0 Å². The minimum atomic E-state index is -0.388. The number of nitrogens with one attached hydrogen (secondary N) is 2. The van der Waals surface area contributed by atoms with Crippen LogP contribution in [0.2, 0.25) is 0 Å². The lowest BCUT2D eigenvalue weighted by molar-refractivity contribution is -0.116. The normalized spacial score (nSPS) is 9.75. The van der Waals surface area contributed by atoms with Gasteiger partial charge in [0.25, 0.3) is 0 Å². The molecule has 0 atom stereocenters. The highest BCUT2D eigenvalue weighted by molar-refractivity contribution is 5.94. The van der Waals surface area contributed by atoms with E-state index in [-0.39, 0.29) is 24.3 Å². The second kappa shape index (κ2) is 9.39. The fourth-order valence-corrected chi connectivity index (χ4v) is 1.69. The van der Waals surface area contributed by atoms with Crippen molar-refractivity contribution in [2.24, 2.45) is 7.05 Å². The van der Waals surface area contributed by atoms with E-state index in [0.29, 0.717) is 24.4 Å². The van der Waals surface area contributed by atoms with E-state index in [2.05, 4.69) is 10.6 Å². The molecule has 0 saturated carbocycles. The van der Waals surface area contributed by atoms with Gasteiger partial charge in [-0.3, -0.25) is 4.79 Å². The van der Waals surface area contributed by atoms with Crippen LogP contribution in [-0.2, 0) is 16.6 Å². The Hall–Kier alpha value is -1.53. The Morgan fingerprint density at radius 3 is 2.70 bits per heavy atom. The van der Waals surface area contributed by atoms with Crippen LogP contribution >= 0.6 is 12.4 Å². The summed E-state index contributed by atoms with van der Waals surface area (Å²) in [6.45, 7) is 2.89. The highest BCUT2D eigenvalue weighted by atomic mass is 35.5. The number of ether oxygens (including phenoxy) is 1. The minimum Gasteiger partial charge on any atom is -0.461 e. The molecule has 0 fully saturated rings. The molecule has 0 aromatic carbocycles. The van der Waals surface area contributed by atoms with Crippen molar-refractivity contribution in [2.45, 2.75) is 19.8 Å². The molecule has 0 saturated heterocycles. The molecule has 2 N–H and O–H groups in total. The van der Waals surface area contributed by atoms with Crippen LogP contribution in [-0.4, -0.2) is 36.6 Å². The van der Waals surface area contributed by atoms with Gasteiger partial charge in [0.1, 0.15) is 5.69 Å². The smallest absolute Gasteiger partial charge is 0.355 e. The maximum atomic E-state index is 11.6. The van der Waals surface area contributed by atoms with Gasteiger partial charge in [-0.05, 0) is 33.0 Å². The van der Waals surface area contributed by atoms with Crippen LogP contribution in [0, 0.1) is 0 Å². The van der Waals surface area contributed by atoms with Crippen molar-refractivity contribution >= 4 is 30.0 Å². The van der Waals surface area contributed by atoms with Gasteiger partial charge >= 0.3 is 5.97 Å². The molecule has 0 aliphatic carbocycles. The molecule has 0 aliphatic heterocycles. The highest BCUT2D eigenvalue weighted by Crippen LogP contribution is 2.14. The van der Waals surface area contributed by atoms with Crippen LogP contribution in [0.3, 0.4) is 0 Å². The van der Waals surface area contributed by atoms with Gasteiger partial charge < -0.3 is 19.9 Å². The minimum absolute atomic E-state index is 0. The van der Waals surface area contributed by atoms with Crippen molar-refractivity contribution in [3.63, 3.8) is 0 Å². The molecule has 6 nitrogen and oxygen atoms in total. The second-order valence-electron chi connectivity index (χ2n) is 4.20. The quantitative estimate of drug-likeness (QED) is 0.592. The summed E-state index contributed by atoms with van der Waals surface area (Å²) < 4.78 is 6.57. The molecule has 114 valence electrons. The number of aromatic nitrogens is 1. The number of carbonyl (C=O) groups excluding carboxylic acids is 2. The second-order valence-corrected chi connectivity index (χ2v) is 4.20. The van der Waals surface area contributed by atoms with E-state index in [1.807, 2.05) is 7.05 Å². The first-order valence-electron chi connectivity index (χ1n) is 6.36. The number of esters is 1. The number of hydrogen-bond donors (Lipinski definition) is 2. The lowest BCUT2D eigenvalue weighted by Gasteiger charge is -2.02. The van der Waals surface area contributed by atoms with Crippen molar-refractivity contribution in [3.05, 3.63) is 18.0 Å². The lowest BCUT2D eigenvalue weighted by atomic mass is 10.3. The van der Waals surface area contributed by atoms with Gasteiger partial charge in [0, 0.05) is 19.7 Å². The maximum Gasteiger partial charge on any atom is 0.355 e. The van der Waals surface area contributed by atoms with E-state index in [1.54, 1.807) is 30.8 Å². The van der Waals surface area contributed by atoms with E-state index in [1.165, 1.54) is 0 Å². The van der Waals surface area contributed by atoms with E-state index < -0.39 is 0 Å². The van der Waals surface area contributed by atoms with Crippen molar-refractivity contribution in [3.8, 4) is 0 Å². The fourth-order valence-electron chi connectivity index (χ4n) is 1.69. The fraction of sp³-hybridized carbons (Fsp3) is 0.538. The first kappa shape index (κ1) is 18.5. The number of nitrogens with zero attached hydrogens (tertiary/aromatic N) is 1. The monoisotopic (exact) mass is 303 g/mol. The summed E-state index contributed by atoms with van der Waals surface area (Å²) in [5, 5.41) is 5.75. The number of carbonyl (C=O) groups is 2. The highest BCUT2D eigenvalue weighted by Gasteiger charge is 2.13. The number of amides is 1. The predicted molar refractivity (Wildman–Crippen MR) is 80.4 cm³/mol. The molecule has 1 heterocycles. The molecule has 1 rings (SSSR count). The van der Waals surface area contributed by atoms with E-state index in [0.717, 1.165) is 13.0 Å². The Balaban J connectivity index is 0.00000361. The van der Waals surface area contributed by atoms with Gasteiger partial charge in [0.2, 0.25) is 5.91 Å². The summed E-state index contributed by atoms with van der Waals surface area (Å²) in [6, 6.07) is 1.62. The van der Waals surface area contributed by atoms with Gasteiger partial charge in [-0.15, -0.1) is 12.4 Å². The first-order chi connectivity index (χ1) is 9.08. The summed E-state index contributed by atoms with van der Waals surface area (Å²) in [4.78, 5) is 23.3. The summed E-state index contributed by atoms with van der Waals surface area (Å²) in [6.07, 6.45) is 2.92. The van der Waals surface area contributed by atoms with Gasteiger partial charge in [0.15, 0.2) is 0 Å². The molecule has 1 amide bonds. The maximum absolute atomic E-state index is 11.6. The third kappa shape index (κ3) is 5.63. The third-order valence-electron chi connectivity index (χ3n) is 2.60. The standard InChI is InChI=1S/C13H21N3O3.ClH/c1-4-19-13(18)11-8-10(9-16(11)3)15-12(17)6-5-7-14-2;/h8-9,14H,4-7H2,1-3H3,(H,15,17);1H. The number of anilines is 1. The number of rotatable bonds is 7. The molecule has 0 aliphatic rings. The first-order valence-corrected chi connectivity index (χ1v) is 6.36. The Bertz CT molecular complexity index is 446. The topological polar surface area (TPSA) is 72.4 Å². The molecule has 1 aromatic heterocycles. The van der Waals surface area contributed by atoms with E-state index in [4.69, 9.17) is 4.74 Å². The molecule has 7 heteroatoms. The summed E-state index contributed by atoms with van der Waals surface area (Å²) >= 11 is 0. The molecule has 0 unspecified atom stereocenters. The van der Waals surface area contributed by atoms with Crippen LogP contribution in [0.1, 0.15) is 30.3 Å². The summed E-state index contributed by atoms with van der Waals surface area (Å²) in [5.74, 6) is -0.447. The molecule has 0 radical (unpaired) electrons. The summed E-state index contributed by atoms with van der Waals surface area (Å²) in [7, 11) is 3.59. The Morgan fingerprint density at radius 1 is 1.40 bits per heavy atom. The molecule has 0 spiro atoms. The molecule has 1 aromatic rings.